The molecule has 0 aliphatic rings. The molecule has 0 aromatic heterocycles. The highest BCUT2D eigenvalue weighted by Crippen LogP contribution is 2.15. The molecular weight excluding hydrogens is 258 g/mol. The van der Waals surface area contributed by atoms with Crippen LogP contribution >= 0.6 is 0 Å². The molecule has 108 valence electrons. The smallest absolute Gasteiger partial charge is 0.227 e. The van der Waals surface area contributed by atoms with Gasteiger partial charge >= 0.3 is 0 Å². The third kappa shape index (κ3) is 4.60. The van der Waals surface area contributed by atoms with E-state index < -0.39 is 0 Å². The second-order valence-corrected chi connectivity index (χ2v) is 4.97. The lowest BCUT2D eigenvalue weighted by Crippen LogP contribution is -2.30. The summed E-state index contributed by atoms with van der Waals surface area (Å²) in [6, 6.07) is 20.0. The molecule has 0 atom stereocenters. The highest BCUT2D eigenvalue weighted by Gasteiger charge is 2.13. The molecule has 0 bridgehead atoms. The van der Waals surface area contributed by atoms with Crippen LogP contribution in [-0.2, 0) is 11.2 Å². The van der Waals surface area contributed by atoms with E-state index in [9.17, 15) is 4.79 Å². The van der Waals surface area contributed by atoms with E-state index in [4.69, 9.17) is 0 Å². The summed E-state index contributed by atoms with van der Waals surface area (Å²) < 4.78 is 0. The van der Waals surface area contributed by atoms with E-state index in [1.807, 2.05) is 48.5 Å². The molecule has 0 N–H and O–H groups in total. The van der Waals surface area contributed by atoms with Gasteiger partial charge in [0.1, 0.15) is 0 Å². The summed E-state index contributed by atoms with van der Waals surface area (Å²) in [5.74, 6) is 0.150. The van der Waals surface area contributed by atoms with Crippen molar-refractivity contribution in [3.05, 3.63) is 78.9 Å². The van der Waals surface area contributed by atoms with Gasteiger partial charge in [-0.15, -0.1) is 6.58 Å². The van der Waals surface area contributed by atoms with Gasteiger partial charge in [-0.1, -0.05) is 54.6 Å². The molecule has 2 heteroatoms. The highest BCUT2D eigenvalue weighted by molar-refractivity contribution is 5.93. The summed E-state index contributed by atoms with van der Waals surface area (Å²) in [7, 11) is 0. The molecule has 0 aliphatic heterocycles. The van der Waals surface area contributed by atoms with E-state index in [0.29, 0.717) is 13.0 Å². The normalized spacial score (nSPS) is 10.1. The first-order valence-corrected chi connectivity index (χ1v) is 7.31. The maximum Gasteiger partial charge on any atom is 0.227 e. The van der Waals surface area contributed by atoms with Crippen molar-refractivity contribution in [2.75, 3.05) is 11.4 Å². The monoisotopic (exact) mass is 279 g/mol. The molecule has 0 saturated carbocycles. The quantitative estimate of drug-likeness (QED) is 0.695. The molecule has 0 aliphatic carbocycles. The third-order valence-electron chi connectivity index (χ3n) is 3.38. The van der Waals surface area contributed by atoms with Gasteiger partial charge in [0, 0.05) is 18.7 Å². The average Bonchev–Trinajstić information content (AvgIpc) is 2.54. The number of anilines is 1. The van der Waals surface area contributed by atoms with Crippen molar-refractivity contribution in [1.82, 2.24) is 0 Å². The van der Waals surface area contributed by atoms with Crippen molar-refractivity contribution in [3.8, 4) is 0 Å². The van der Waals surface area contributed by atoms with Crippen LogP contribution in [0.1, 0.15) is 18.4 Å². The molecule has 2 nitrogen and oxygen atoms in total. The third-order valence-corrected chi connectivity index (χ3v) is 3.38. The Hall–Kier alpha value is -2.35. The van der Waals surface area contributed by atoms with Crippen LogP contribution in [0.4, 0.5) is 5.69 Å². The molecule has 2 aromatic rings. The highest BCUT2D eigenvalue weighted by atomic mass is 16.2. The van der Waals surface area contributed by atoms with Gasteiger partial charge in [-0.2, -0.15) is 0 Å². The number of nitrogens with zero attached hydrogens (tertiary/aromatic N) is 1. The van der Waals surface area contributed by atoms with Crippen LogP contribution in [0.5, 0.6) is 0 Å². The lowest BCUT2D eigenvalue weighted by atomic mass is 10.1. The molecule has 0 saturated heterocycles. The van der Waals surface area contributed by atoms with E-state index in [2.05, 4.69) is 18.7 Å². The Balaban J connectivity index is 1.92. The number of rotatable bonds is 7. The number of hydrogen-bond acceptors (Lipinski definition) is 1. The van der Waals surface area contributed by atoms with Gasteiger partial charge in [-0.25, -0.2) is 0 Å². The zero-order valence-corrected chi connectivity index (χ0v) is 12.2. The summed E-state index contributed by atoms with van der Waals surface area (Å²) in [5, 5.41) is 0. The van der Waals surface area contributed by atoms with Crippen LogP contribution in [0.3, 0.4) is 0 Å². The fraction of sp³-hybridized carbons (Fsp3) is 0.211. The Morgan fingerprint density at radius 1 is 1.00 bits per heavy atom. The molecule has 21 heavy (non-hydrogen) atoms. The summed E-state index contributed by atoms with van der Waals surface area (Å²) in [6.45, 7) is 4.29. The standard InChI is InChI=1S/C19H21NO/c1-2-16-20(18-13-7-4-8-14-18)19(21)15-9-12-17-10-5-3-6-11-17/h2-8,10-11,13-14H,1,9,12,15-16H2. The minimum atomic E-state index is 0.150. The molecular formula is C19H21NO. The summed E-state index contributed by atoms with van der Waals surface area (Å²) in [4.78, 5) is 14.2. The van der Waals surface area contributed by atoms with Gasteiger partial charge in [0.25, 0.3) is 0 Å². The molecule has 0 spiro atoms. The van der Waals surface area contributed by atoms with Crippen LogP contribution < -0.4 is 4.90 Å². The van der Waals surface area contributed by atoms with Gasteiger partial charge in [0.2, 0.25) is 5.91 Å². The van der Waals surface area contributed by atoms with E-state index in [1.165, 1.54) is 5.56 Å². The van der Waals surface area contributed by atoms with E-state index in [0.717, 1.165) is 18.5 Å². The van der Waals surface area contributed by atoms with Gasteiger partial charge in [-0.05, 0) is 30.5 Å². The molecule has 2 aromatic carbocycles. The van der Waals surface area contributed by atoms with Crippen LogP contribution in [-0.4, -0.2) is 12.5 Å². The number of hydrogen-bond donors (Lipinski definition) is 0. The number of amides is 1. The van der Waals surface area contributed by atoms with Crippen LogP contribution in [0, 0.1) is 0 Å². The van der Waals surface area contributed by atoms with Crippen molar-refractivity contribution >= 4 is 11.6 Å². The zero-order chi connectivity index (χ0) is 14.9. The number of para-hydroxylation sites is 1. The minimum Gasteiger partial charge on any atom is -0.309 e. The Morgan fingerprint density at radius 2 is 1.62 bits per heavy atom. The van der Waals surface area contributed by atoms with Crippen LogP contribution in [0.25, 0.3) is 0 Å². The zero-order valence-electron chi connectivity index (χ0n) is 12.2. The van der Waals surface area contributed by atoms with Crippen molar-refractivity contribution in [3.63, 3.8) is 0 Å². The average molecular weight is 279 g/mol. The first-order chi connectivity index (χ1) is 10.3. The molecule has 2 rings (SSSR count). The summed E-state index contributed by atoms with van der Waals surface area (Å²) >= 11 is 0. The van der Waals surface area contributed by atoms with E-state index in [-0.39, 0.29) is 5.91 Å². The van der Waals surface area contributed by atoms with Crippen molar-refractivity contribution in [2.24, 2.45) is 0 Å². The maximum atomic E-state index is 12.4. The van der Waals surface area contributed by atoms with E-state index >= 15 is 0 Å². The summed E-state index contributed by atoms with van der Waals surface area (Å²) in [5.41, 5.74) is 2.21. The number of carbonyl (C=O) groups excluding carboxylic acids is 1. The number of benzene rings is 2. The van der Waals surface area contributed by atoms with Crippen molar-refractivity contribution < 1.29 is 4.79 Å². The Labute approximate surface area is 126 Å². The molecule has 0 radical (unpaired) electrons. The summed E-state index contributed by atoms with van der Waals surface area (Å²) in [6.07, 6.45) is 4.12. The van der Waals surface area contributed by atoms with Gasteiger partial charge in [-0.3, -0.25) is 4.79 Å². The van der Waals surface area contributed by atoms with Crippen molar-refractivity contribution in [2.45, 2.75) is 19.3 Å². The van der Waals surface area contributed by atoms with Crippen molar-refractivity contribution in [1.29, 1.82) is 0 Å². The second-order valence-electron chi connectivity index (χ2n) is 4.97. The SMILES string of the molecule is C=CCN(C(=O)CCCc1ccccc1)c1ccccc1. The van der Waals surface area contributed by atoms with Gasteiger partial charge in [0.05, 0.1) is 0 Å². The first-order valence-electron chi connectivity index (χ1n) is 7.31. The molecule has 0 fully saturated rings. The maximum absolute atomic E-state index is 12.4. The fourth-order valence-corrected chi connectivity index (χ4v) is 2.31. The fourth-order valence-electron chi connectivity index (χ4n) is 2.31. The molecule has 1 amide bonds. The predicted molar refractivity (Wildman–Crippen MR) is 88.4 cm³/mol. The molecule has 0 unspecified atom stereocenters. The predicted octanol–water partition coefficient (Wildman–Crippen LogP) is 4.23. The lowest BCUT2D eigenvalue weighted by Gasteiger charge is -2.21. The first kappa shape index (κ1) is 15.0. The topological polar surface area (TPSA) is 20.3 Å². The second kappa shape index (κ2) is 8.05. The Morgan fingerprint density at radius 3 is 2.24 bits per heavy atom. The van der Waals surface area contributed by atoms with E-state index in [1.54, 1.807) is 11.0 Å². The van der Waals surface area contributed by atoms with Crippen LogP contribution in [0.2, 0.25) is 0 Å². The van der Waals surface area contributed by atoms with Gasteiger partial charge in [0.15, 0.2) is 0 Å². The number of carbonyl (C=O) groups is 1. The lowest BCUT2D eigenvalue weighted by molar-refractivity contribution is -0.118. The Kier molecular flexibility index (Phi) is 5.77. The van der Waals surface area contributed by atoms with Crippen LogP contribution in [0.15, 0.2) is 73.3 Å². The Bertz CT molecular complexity index is 563. The minimum absolute atomic E-state index is 0.150. The number of aryl methyl sites for hydroxylation is 1. The molecule has 0 heterocycles. The van der Waals surface area contributed by atoms with Gasteiger partial charge < -0.3 is 4.90 Å². The largest absolute Gasteiger partial charge is 0.309 e.